The predicted octanol–water partition coefficient (Wildman–Crippen LogP) is 3.85. The number of aromatic hydroxyl groups is 1. The van der Waals surface area contributed by atoms with Crippen molar-refractivity contribution >= 4 is 16.6 Å². The quantitative estimate of drug-likeness (QED) is 0.700. The fourth-order valence-electron chi connectivity index (χ4n) is 2.76. The third kappa shape index (κ3) is 2.21. The summed E-state index contributed by atoms with van der Waals surface area (Å²) in [7, 11) is 0. The highest BCUT2D eigenvalue weighted by atomic mass is 16.3. The molecule has 0 aliphatic rings. The van der Waals surface area contributed by atoms with E-state index in [1.54, 1.807) is 12.3 Å². The van der Waals surface area contributed by atoms with Crippen molar-refractivity contribution in [2.75, 3.05) is 5.73 Å². The second kappa shape index (κ2) is 4.77. The van der Waals surface area contributed by atoms with Crippen molar-refractivity contribution in [3.8, 4) is 5.75 Å². The number of aromatic nitrogens is 1. The fourth-order valence-corrected chi connectivity index (χ4v) is 2.76. The van der Waals surface area contributed by atoms with Crippen LogP contribution in [0.1, 0.15) is 25.0 Å². The molecule has 2 aromatic carbocycles. The zero-order valence-corrected chi connectivity index (χ0v) is 12.2. The van der Waals surface area contributed by atoms with Gasteiger partial charge < -0.3 is 10.8 Å². The summed E-state index contributed by atoms with van der Waals surface area (Å²) >= 11 is 0. The van der Waals surface area contributed by atoms with Crippen LogP contribution in [0.3, 0.4) is 0 Å². The highest BCUT2D eigenvalue weighted by molar-refractivity contribution is 5.88. The summed E-state index contributed by atoms with van der Waals surface area (Å²) in [4.78, 5) is 4.29. The molecule has 3 aromatic rings. The Bertz CT molecular complexity index is 792. The van der Waals surface area contributed by atoms with Crippen LogP contribution in [0.15, 0.2) is 54.7 Å². The lowest BCUT2D eigenvalue weighted by Gasteiger charge is -2.27. The Labute approximate surface area is 124 Å². The first-order valence-electron chi connectivity index (χ1n) is 6.93. The zero-order valence-electron chi connectivity index (χ0n) is 12.2. The molecule has 3 rings (SSSR count). The molecule has 3 N–H and O–H groups in total. The molecule has 0 radical (unpaired) electrons. The van der Waals surface area contributed by atoms with Crippen molar-refractivity contribution in [3.05, 3.63) is 65.9 Å². The summed E-state index contributed by atoms with van der Waals surface area (Å²) in [6.45, 7) is 4.33. The van der Waals surface area contributed by atoms with E-state index in [2.05, 4.69) is 18.8 Å². The summed E-state index contributed by atoms with van der Waals surface area (Å²) < 4.78 is 0. The van der Waals surface area contributed by atoms with Crippen molar-refractivity contribution in [3.63, 3.8) is 0 Å². The van der Waals surface area contributed by atoms with E-state index in [1.165, 1.54) is 5.56 Å². The molecule has 0 bridgehead atoms. The van der Waals surface area contributed by atoms with Crippen LogP contribution in [-0.4, -0.2) is 10.1 Å². The molecular formula is C18H18N2O. The molecule has 0 atom stereocenters. The normalized spacial score (nSPS) is 11.7. The van der Waals surface area contributed by atoms with Gasteiger partial charge in [0.05, 0.1) is 0 Å². The fraction of sp³-hybridized carbons (Fsp3) is 0.167. The van der Waals surface area contributed by atoms with E-state index in [4.69, 9.17) is 5.73 Å². The van der Waals surface area contributed by atoms with Crippen LogP contribution >= 0.6 is 0 Å². The predicted molar refractivity (Wildman–Crippen MR) is 86.4 cm³/mol. The van der Waals surface area contributed by atoms with E-state index in [-0.39, 0.29) is 11.2 Å². The van der Waals surface area contributed by atoms with Gasteiger partial charge in [-0.1, -0.05) is 38.1 Å². The molecule has 1 heterocycles. The van der Waals surface area contributed by atoms with Crippen LogP contribution in [0.4, 0.5) is 5.69 Å². The van der Waals surface area contributed by atoms with Gasteiger partial charge in [0.25, 0.3) is 0 Å². The second-order valence-electron chi connectivity index (χ2n) is 5.78. The number of nitrogen functional groups attached to an aromatic ring is 1. The Balaban J connectivity index is 2.24. The number of hydrogen-bond acceptors (Lipinski definition) is 3. The number of nitrogens with zero attached hydrogens (tertiary/aromatic N) is 1. The van der Waals surface area contributed by atoms with Gasteiger partial charge in [0.2, 0.25) is 0 Å². The topological polar surface area (TPSA) is 59.1 Å². The molecule has 0 fully saturated rings. The molecule has 0 aliphatic heterocycles. The lowest BCUT2D eigenvalue weighted by Crippen LogP contribution is -2.19. The minimum absolute atomic E-state index is 0.206. The molecule has 0 saturated heterocycles. The number of rotatable bonds is 2. The third-order valence-corrected chi connectivity index (χ3v) is 4.05. The zero-order chi connectivity index (χ0) is 15.0. The SMILES string of the molecule is CC(C)(c1ccc(N)cc1)c1ccc(O)c2ncccc12. The molecule has 0 aliphatic carbocycles. The highest BCUT2D eigenvalue weighted by Gasteiger charge is 2.25. The molecule has 0 unspecified atom stereocenters. The molecular weight excluding hydrogens is 260 g/mol. The number of fused-ring (bicyclic) bond motifs is 1. The lowest BCUT2D eigenvalue weighted by molar-refractivity contribution is 0.480. The van der Waals surface area contributed by atoms with Gasteiger partial charge in [-0.15, -0.1) is 0 Å². The summed E-state index contributed by atoms with van der Waals surface area (Å²) in [5.41, 5.74) is 9.27. The Morgan fingerprint density at radius 3 is 2.43 bits per heavy atom. The number of pyridine rings is 1. The van der Waals surface area contributed by atoms with Crippen molar-refractivity contribution < 1.29 is 5.11 Å². The van der Waals surface area contributed by atoms with Gasteiger partial charge in [0.1, 0.15) is 11.3 Å². The van der Waals surface area contributed by atoms with E-state index in [0.29, 0.717) is 5.52 Å². The summed E-state index contributed by atoms with van der Waals surface area (Å²) in [5.74, 6) is 0.211. The molecule has 106 valence electrons. The number of anilines is 1. The maximum atomic E-state index is 9.99. The van der Waals surface area contributed by atoms with E-state index < -0.39 is 0 Å². The van der Waals surface area contributed by atoms with Crippen molar-refractivity contribution in [2.45, 2.75) is 19.3 Å². The Hall–Kier alpha value is -2.55. The van der Waals surface area contributed by atoms with Crippen LogP contribution in [0.5, 0.6) is 5.75 Å². The van der Waals surface area contributed by atoms with Crippen LogP contribution < -0.4 is 5.73 Å². The number of nitrogens with two attached hydrogens (primary N) is 1. The summed E-state index contributed by atoms with van der Waals surface area (Å²) in [6, 6.07) is 15.5. The number of hydrogen-bond donors (Lipinski definition) is 2. The number of phenols is 1. The van der Waals surface area contributed by atoms with Gasteiger partial charge in [0.15, 0.2) is 0 Å². The average Bonchev–Trinajstić information content (AvgIpc) is 2.48. The standard InChI is InChI=1S/C18H18N2O/c1-18(2,12-5-7-13(19)8-6-12)15-9-10-16(21)17-14(15)4-3-11-20-17/h3-11,21H,19H2,1-2H3. The maximum absolute atomic E-state index is 9.99. The van der Waals surface area contributed by atoms with Crippen molar-refractivity contribution in [2.24, 2.45) is 0 Å². The van der Waals surface area contributed by atoms with Gasteiger partial charge in [-0.05, 0) is 35.4 Å². The van der Waals surface area contributed by atoms with E-state index >= 15 is 0 Å². The van der Waals surface area contributed by atoms with Crippen LogP contribution in [-0.2, 0) is 5.41 Å². The molecule has 0 spiro atoms. The molecule has 0 saturated carbocycles. The van der Waals surface area contributed by atoms with Crippen LogP contribution in [0.2, 0.25) is 0 Å². The van der Waals surface area contributed by atoms with E-state index in [9.17, 15) is 5.11 Å². The van der Waals surface area contributed by atoms with Gasteiger partial charge >= 0.3 is 0 Å². The van der Waals surface area contributed by atoms with Gasteiger partial charge in [-0.3, -0.25) is 4.98 Å². The van der Waals surface area contributed by atoms with Crippen LogP contribution in [0, 0.1) is 0 Å². The molecule has 3 nitrogen and oxygen atoms in total. The van der Waals surface area contributed by atoms with E-state index in [0.717, 1.165) is 16.6 Å². The number of phenolic OH excluding ortho intramolecular Hbond substituents is 1. The Morgan fingerprint density at radius 2 is 1.71 bits per heavy atom. The van der Waals surface area contributed by atoms with Gasteiger partial charge in [0, 0.05) is 22.7 Å². The smallest absolute Gasteiger partial charge is 0.141 e. The summed E-state index contributed by atoms with van der Waals surface area (Å²) in [6.07, 6.45) is 1.70. The van der Waals surface area contributed by atoms with Gasteiger partial charge in [-0.2, -0.15) is 0 Å². The first-order valence-corrected chi connectivity index (χ1v) is 6.93. The van der Waals surface area contributed by atoms with E-state index in [1.807, 2.05) is 42.5 Å². The highest BCUT2D eigenvalue weighted by Crippen LogP contribution is 2.38. The Morgan fingerprint density at radius 1 is 1.00 bits per heavy atom. The molecule has 0 amide bonds. The first-order chi connectivity index (χ1) is 10.00. The summed E-state index contributed by atoms with van der Waals surface area (Å²) in [5, 5.41) is 11.0. The monoisotopic (exact) mass is 278 g/mol. The van der Waals surface area contributed by atoms with Crippen molar-refractivity contribution in [1.82, 2.24) is 4.98 Å². The molecule has 3 heteroatoms. The minimum atomic E-state index is -0.206. The lowest BCUT2D eigenvalue weighted by atomic mass is 9.76. The third-order valence-electron chi connectivity index (χ3n) is 4.05. The molecule has 21 heavy (non-hydrogen) atoms. The van der Waals surface area contributed by atoms with Crippen LogP contribution in [0.25, 0.3) is 10.9 Å². The average molecular weight is 278 g/mol. The first kappa shape index (κ1) is 13.4. The largest absolute Gasteiger partial charge is 0.506 e. The molecule has 1 aromatic heterocycles. The Kier molecular flexibility index (Phi) is 3.05. The van der Waals surface area contributed by atoms with Crippen molar-refractivity contribution in [1.29, 1.82) is 0 Å². The minimum Gasteiger partial charge on any atom is -0.506 e. The second-order valence-corrected chi connectivity index (χ2v) is 5.78. The number of benzene rings is 2. The maximum Gasteiger partial charge on any atom is 0.141 e. The van der Waals surface area contributed by atoms with Gasteiger partial charge in [-0.25, -0.2) is 0 Å².